The van der Waals surface area contributed by atoms with Crippen molar-refractivity contribution in [2.75, 3.05) is 36.0 Å². The summed E-state index contributed by atoms with van der Waals surface area (Å²) in [5.74, 6) is -1.20. The summed E-state index contributed by atoms with van der Waals surface area (Å²) in [6, 6.07) is 9.13. The summed E-state index contributed by atoms with van der Waals surface area (Å²) >= 11 is 3.43. The van der Waals surface area contributed by atoms with Crippen LogP contribution in [0.25, 0.3) is 0 Å². The molecule has 2 heterocycles. The molecule has 0 spiro atoms. The van der Waals surface area contributed by atoms with E-state index in [0.717, 1.165) is 5.56 Å². The lowest BCUT2D eigenvalue weighted by molar-refractivity contribution is -0.123. The minimum Gasteiger partial charge on any atom is -0.312 e. The second-order valence-electron chi connectivity index (χ2n) is 8.82. The topological polar surface area (TPSA) is 78.0 Å². The number of carbonyl (C=O) groups is 2. The third-order valence-electron chi connectivity index (χ3n) is 6.67. The number of sulfonamides is 1. The lowest BCUT2D eigenvalue weighted by Gasteiger charge is -2.34. The number of carbonyl (C=O) groups excluding carboxylic acids is 2. The van der Waals surface area contributed by atoms with Gasteiger partial charge >= 0.3 is 0 Å². The van der Waals surface area contributed by atoms with Crippen molar-refractivity contribution in [1.29, 1.82) is 0 Å². The van der Waals surface area contributed by atoms with Gasteiger partial charge in [0, 0.05) is 42.8 Å². The molecule has 0 saturated carbocycles. The molecule has 2 aromatic rings. The summed E-state index contributed by atoms with van der Waals surface area (Å²) < 4.78 is 43.1. The standard InChI is InChI=1S/C25H29BrFN3O4S/c1-3-23(31)30-13-11-17-14-19(26)15-22(24(17)30)35(33,34)28-12-5-6-18(16-28)25(32)29(4-2)21-9-7-20(27)8-10-21/h7-10,14-15,18H,3-6,11-13,16H2,1-2H3/t18-/m0/s1. The number of hydrogen-bond donors (Lipinski definition) is 0. The van der Waals surface area contributed by atoms with Crippen LogP contribution in [0.5, 0.6) is 0 Å². The first-order valence-corrected chi connectivity index (χ1v) is 14.1. The molecule has 1 atom stereocenters. The Morgan fingerprint density at radius 1 is 1.14 bits per heavy atom. The third-order valence-corrected chi connectivity index (χ3v) is 9.00. The van der Waals surface area contributed by atoms with Gasteiger partial charge < -0.3 is 9.80 Å². The summed E-state index contributed by atoms with van der Waals surface area (Å²) in [6.45, 7) is 4.80. The molecule has 0 aliphatic carbocycles. The molecule has 2 aromatic carbocycles. The van der Waals surface area contributed by atoms with E-state index in [1.165, 1.54) is 16.4 Å². The molecule has 1 saturated heterocycles. The summed E-state index contributed by atoms with van der Waals surface area (Å²) in [6.07, 6.45) is 1.99. The molecule has 2 aliphatic rings. The quantitative estimate of drug-likeness (QED) is 0.522. The van der Waals surface area contributed by atoms with Crippen molar-refractivity contribution >= 4 is 49.1 Å². The number of fused-ring (bicyclic) bond motifs is 1. The maximum atomic E-state index is 13.9. The average molecular weight is 566 g/mol. The van der Waals surface area contributed by atoms with E-state index < -0.39 is 15.9 Å². The molecular formula is C25H29BrFN3O4S. The van der Waals surface area contributed by atoms with Crippen LogP contribution in [0.15, 0.2) is 45.8 Å². The van der Waals surface area contributed by atoms with Crippen LogP contribution < -0.4 is 9.80 Å². The van der Waals surface area contributed by atoms with E-state index in [4.69, 9.17) is 0 Å². The lowest BCUT2D eigenvalue weighted by Crippen LogP contribution is -2.47. The molecule has 1 fully saturated rings. The van der Waals surface area contributed by atoms with Crippen LogP contribution in [0.1, 0.15) is 38.7 Å². The molecule has 0 bridgehead atoms. The number of hydrogen-bond acceptors (Lipinski definition) is 4. The van der Waals surface area contributed by atoms with Gasteiger partial charge in [-0.05, 0) is 68.1 Å². The largest absolute Gasteiger partial charge is 0.312 e. The highest BCUT2D eigenvalue weighted by atomic mass is 79.9. The van der Waals surface area contributed by atoms with Crippen molar-refractivity contribution in [3.05, 3.63) is 52.3 Å². The molecule has 188 valence electrons. The van der Waals surface area contributed by atoms with E-state index in [1.54, 1.807) is 34.9 Å². The van der Waals surface area contributed by atoms with Crippen LogP contribution in [0.2, 0.25) is 0 Å². The van der Waals surface area contributed by atoms with E-state index in [9.17, 15) is 22.4 Å². The zero-order valence-corrected chi connectivity index (χ0v) is 22.2. The minimum atomic E-state index is -3.96. The highest BCUT2D eigenvalue weighted by Crippen LogP contribution is 2.40. The van der Waals surface area contributed by atoms with Gasteiger partial charge in [-0.25, -0.2) is 12.8 Å². The summed E-state index contributed by atoms with van der Waals surface area (Å²) in [4.78, 5) is 29.2. The van der Waals surface area contributed by atoms with Crippen LogP contribution in [-0.4, -0.2) is 50.7 Å². The van der Waals surface area contributed by atoms with Gasteiger partial charge in [-0.2, -0.15) is 4.31 Å². The van der Waals surface area contributed by atoms with Crippen molar-refractivity contribution in [3.63, 3.8) is 0 Å². The van der Waals surface area contributed by atoms with Crippen molar-refractivity contribution in [1.82, 2.24) is 4.31 Å². The van der Waals surface area contributed by atoms with Crippen molar-refractivity contribution in [2.24, 2.45) is 5.92 Å². The fraction of sp³-hybridized carbons (Fsp3) is 0.440. The summed E-state index contributed by atoms with van der Waals surface area (Å²) in [7, 11) is -3.96. The van der Waals surface area contributed by atoms with Gasteiger partial charge in [0.2, 0.25) is 21.8 Å². The zero-order chi connectivity index (χ0) is 25.3. The van der Waals surface area contributed by atoms with E-state index >= 15 is 0 Å². The number of benzene rings is 2. The van der Waals surface area contributed by atoms with Gasteiger partial charge in [0.1, 0.15) is 10.7 Å². The fourth-order valence-electron chi connectivity index (χ4n) is 4.91. The number of anilines is 2. The molecule has 2 aliphatic heterocycles. The molecule has 35 heavy (non-hydrogen) atoms. The Bertz CT molecular complexity index is 1240. The van der Waals surface area contributed by atoms with Gasteiger partial charge in [-0.15, -0.1) is 0 Å². The second-order valence-corrected chi connectivity index (χ2v) is 11.6. The van der Waals surface area contributed by atoms with Gasteiger partial charge in [0.15, 0.2) is 0 Å². The number of halogens is 2. The normalized spacial score (nSPS) is 18.4. The molecule has 0 aromatic heterocycles. The van der Waals surface area contributed by atoms with Crippen molar-refractivity contribution in [2.45, 2.75) is 44.4 Å². The number of piperidine rings is 1. The second kappa shape index (κ2) is 10.4. The average Bonchev–Trinajstić information content (AvgIpc) is 3.28. The third kappa shape index (κ3) is 5.01. The van der Waals surface area contributed by atoms with E-state index in [1.807, 2.05) is 13.0 Å². The summed E-state index contributed by atoms with van der Waals surface area (Å²) in [5, 5.41) is 0. The zero-order valence-electron chi connectivity index (χ0n) is 19.8. The number of nitrogens with zero attached hydrogens (tertiary/aromatic N) is 3. The van der Waals surface area contributed by atoms with Gasteiger partial charge in [0.25, 0.3) is 0 Å². The fourth-order valence-corrected chi connectivity index (χ4v) is 7.36. The van der Waals surface area contributed by atoms with Crippen LogP contribution >= 0.6 is 15.9 Å². The first-order chi connectivity index (χ1) is 16.7. The Morgan fingerprint density at radius 2 is 1.86 bits per heavy atom. The van der Waals surface area contributed by atoms with Crippen LogP contribution in [0.3, 0.4) is 0 Å². The molecule has 2 amide bonds. The van der Waals surface area contributed by atoms with Gasteiger partial charge in [-0.1, -0.05) is 22.9 Å². The maximum absolute atomic E-state index is 13.9. The van der Waals surface area contributed by atoms with Crippen LogP contribution in [0.4, 0.5) is 15.8 Å². The Kier molecular flexibility index (Phi) is 7.63. The lowest BCUT2D eigenvalue weighted by atomic mass is 9.97. The monoisotopic (exact) mass is 565 g/mol. The Hall–Kier alpha value is -2.30. The Balaban J connectivity index is 1.63. The van der Waals surface area contributed by atoms with Crippen LogP contribution in [-0.2, 0) is 26.0 Å². The van der Waals surface area contributed by atoms with Gasteiger partial charge in [0.05, 0.1) is 11.6 Å². The van der Waals surface area contributed by atoms with E-state index in [-0.39, 0.29) is 35.5 Å². The molecule has 0 radical (unpaired) electrons. The first-order valence-electron chi connectivity index (χ1n) is 11.9. The van der Waals surface area contributed by atoms with Crippen molar-refractivity contribution < 1.29 is 22.4 Å². The Labute approximate surface area is 214 Å². The first kappa shape index (κ1) is 25.8. The smallest absolute Gasteiger partial charge is 0.245 e. The number of amides is 2. The molecular weight excluding hydrogens is 537 g/mol. The predicted octanol–water partition coefficient (Wildman–Crippen LogP) is 4.34. The molecule has 7 nitrogen and oxygen atoms in total. The van der Waals surface area contributed by atoms with Gasteiger partial charge in [-0.3, -0.25) is 9.59 Å². The molecule has 4 rings (SSSR count). The molecule has 0 unspecified atom stereocenters. The number of rotatable bonds is 6. The highest BCUT2D eigenvalue weighted by Gasteiger charge is 2.39. The Morgan fingerprint density at radius 3 is 2.51 bits per heavy atom. The minimum absolute atomic E-state index is 0.0574. The SMILES string of the molecule is CCC(=O)N1CCc2cc(Br)cc(S(=O)(=O)N3CCC[C@H](C(=O)N(CC)c4ccc(F)cc4)C3)c21. The van der Waals surface area contributed by atoms with Crippen molar-refractivity contribution in [3.8, 4) is 0 Å². The molecule has 0 N–H and O–H groups in total. The van der Waals surface area contributed by atoms with E-state index in [0.29, 0.717) is 54.7 Å². The maximum Gasteiger partial charge on any atom is 0.245 e. The highest BCUT2D eigenvalue weighted by molar-refractivity contribution is 9.10. The molecule has 10 heteroatoms. The van der Waals surface area contributed by atoms with Crippen LogP contribution in [0, 0.1) is 11.7 Å². The predicted molar refractivity (Wildman–Crippen MR) is 136 cm³/mol. The van der Waals surface area contributed by atoms with E-state index in [2.05, 4.69) is 15.9 Å². The summed E-state index contributed by atoms with van der Waals surface area (Å²) in [5.41, 5.74) is 1.85.